The van der Waals surface area contributed by atoms with E-state index in [1.807, 2.05) is 0 Å². The van der Waals surface area contributed by atoms with Gasteiger partial charge in [0.25, 0.3) is 6.43 Å². The first-order chi connectivity index (χ1) is 7.99. The van der Waals surface area contributed by atoms with Crippen LogP contribution in [0.3, 0.4) is 0 Å². The molecule has 1 aromatic rings. The molecule has 17 heavy (non-hydrogen) atoms. The number of methoxy groups -OCH3 is 1. The highest BCUT2D eigenvalue weighted by Crippen LogP contribution is 2.25. The summed E-state index contributed by atoms with van der Waals surface area (Å²) in [7, 11) is 1.17. The van der Waals surface area contributed by atoms with Crippen LogP contribution in [-0.2, 0) is 21.8 Å². The highest BCUT2D eigenvalue weighted by Gasteiger charge is 2.19. The lowest BCUT2D eigenvalue weighted by Crippen LogP contribution is -2.11. The van der Waals surface area contributed by atoms with Gasteiger partial charge in [-0.15, -0.1) is 11.6 Å². The first-order valence-electron chi connectivity index (χ1n) is 4.68. The molecule has 0 spiro atoms. The van der Waals surface area contributed by atoms with Gasteiger partial charge in [-0.3, -0.25) is 4.79 Å². The second-order valence-corrected chi connectivity index (χ2v) is 3.52. The van der Waals surface area contributed by atoms with Crippen LogP contribution in [0.1, 0.15) is 23.4 Å². The van der Waals surface area contributed by atoms with Gasteiger partial charge in [-0.25, -0.2) is 13.8 Å². The highest BCUT2D eigenvalue weighted by atomic mass is 35.5. The lowest BCUT2D eigenvalue weighted by molar-refractivity contribution is -0.139. The number of rotatable bonds is 4. The second-order valence-electron chi connectivity index (χ2n) is 3.26. The third-order valence-electron chi connectivity index (χ3n) is 2.14. The number of carbonyl (C=O) groups excluding carboxylic acids is 1. The van der Waals surface area contributed by atoms with Crippen molar-refractivity contribution in [2.24, 2.45) is 0 Å². The van der Waals surface area contributed by atoms with E-state index in [4.69, 9.17) is 17.3 Å². The van der Waals surface area contributed by atoms with Crippen molar-refractivity contribution in [2.75, 3.05) is 12.8 Å². The minimum atomic E-state index is -2.79. The number of nitrogens with two attached hydrogens (primary N) is 1. The zero-order chi connectivity index (χ0) is 13.0. The number of ether oxygens (including phenoxy) is 1. The average Bonchev–Trinajstić information content (AvgIpc) is 2.28. The predicted octanol–water partition coefficient (Wildman–Crippen LogP) is 2.06. The third kappa shape index (κ3) is 3.26. The molecule has 0 bridgehead atoms. The molecule has 1 aromatic heterocycles. The van der Waals surface area contributed by atoms with Gasteiger partial charge in [0.15, 0.2) is 0 Å². The van der Waals surface area contributed by atoms with Crippen molar-refractivity contribution in [3.05, 3.63) is 23.0 Å². The van der Waals surface area contributed by atoms with Crippen LogP contribution in [0.2, 0.25) is 0 Å². The molecule has 94 valence electrons. The predicted molar refractivity (Wildman–Crippen MR) is 58.9 cm³/mol. The van der Waals surface area contributed by atoms with E-state index in [2.05, 4.69) is 9.72 Å². The molecule has 0 saturated heterocycles. The summed E-state index contributed by atoms with van der Waals surface area (Å²) in [6, 6.07) is 1.28. The molecular weight excluding hydrogens is 254 g/mol. The van der Waals surface area contributed by atoms with Crippen molar-refractivity contribution in [1.82, 2.24) is 4.98 Å². The molecule has 1 rings (SSSR count). The second kappa shape index (κ2) is 5.77. The zero-order valence-corrected chi connectivity index (χ0v) is 9.80. The van der Waals surface area contributed by atoms with Gasteiger partial charge in [-0.1, -0.05) is 0 Å². The Morgan fingerprint density at radius 2 is 2.29 bits per heavy atom. The van der Waals surface area contributed by atoms with Gasteiger partial charge in [-0.05, 0) is 11.6 Å². The Balaban J connectivity index is 3.18. The monoisotopic (exact) mass is 264 g/mol. The Hall–Kier alpha value is -1.43. The highest BCUT2D eigenvalue weighted by molar-refractivity contribution is 6.17. The van der Waals surface area contributed by atoms with E-state index in [1.54, 1.807) is 0 Å². The number of esters is 1. The van der Waals surface area contributed by atoms with E-state index in [-0.39, 0.29) is 29.2 Å². The number of alkyl halides is 3. The van der Waals surface area contributed by atoms with Crippen molar-refractivity contribution in [1.29, 1.82) is 0 Å². The quantitative estimate of drug-likeness (QED) is 0.668. The summed E-state index contributed by atoms with van der Waals surface area (Å²) in [4.78, 5) is 14.7. The smallest absolute Gasteiger partial charge is 0.310 e. The van der Waals surface area contributed by atoms with Crippen molar-refractivity contribution in [2.45, 2.75) is 18.7 Å². The van der Waals surface area contributed by atoms with Crippen LogP contribution in [0.5, 0.6) is 0 Å². The largest absolute Gasteiger partial charge is 0.469 e. The van der Waals surface area contributed by atoms with Crippen molar-refractivity contribution in [3.8, 4) is 0 Å². The van der Waals surface area contributed by atoms with Crippen LogP contribution in [0.25, 0.3) is 0 Å². The summed E-state index contributed by atoms with van der Waals surface area (Å²) in [5, 5.41) is 0. The number of nitrogens with zero attached hydrogens (tertiary/aromatic N) is 1. The number of aromatic nitrogens is 1. The van der Waals surface area contributed by atoms with E-state index in [0.29, 0.717) is 0 Å². The van der Waals surface area contributed by atoms with Gasteiger partial charge < -0.3 is 10.5 Å². The van der Waals surface area contributed by atoms with Crippen molar-refractivity contribution in [3.63, 3.8) is 0 Å². The van der Waals surface area contributed by atoms with Crippen LogP contribution >= 0.6 is 11.6 Å². The molecular formula is C10H11ClF2N2O2. The maximum atomic E-state index is 12.7. The van der Waals surface area contributed by atoms with Crippen LogP contribution in [0.15, 0.2) is 6.07 Å². The van der Waals surface area contributed by atoms with Gasteiger partial charge in [0, 0.05) is 0 Å². The number of carbonyl (C=O) groups is 1. The first-order valence-corrected chi connectivity index (χ1v) is 5.22. The van der Waals surface area contributed by atoms with E-state index >= 15 is 0 Å². The third-order valence-corrected chi connectivity index (χ3v) is 2.40. The Labute approximate surface area is 102 Å². The fourth-order valence-corrected chi connectivity index (χ4v) is 1.51. The SMILES string of the molecule is COC(=O)Cc1cc(N)c(CCl)nc1C(F)F. The van der Waals surface area contributed by atoms with Crippen LogP contribution in [0.4, 0.5) is 14.5 Å². The Morgan fingerprint density at radius 1 is 1.65 bits per heavy atom. The number of halogens is 3. The summed E-state index contributed by atoms with van der Waals surface area (Å²) in [6.45, 7) is 0. The fraction of sp³-hybridized carbons (Fsp3) is 0.400. The van der Waals surface area contributed by atoms with Crippen LogP contribution in [0, 0.1) is 0 Å². The molecule has 0 amide bonds. The minimum Gasteiger partial charge on any atom is -0.469 e. The fourth-order valence-electron chi connectivity index (χ4n) is 1.29. The van der Waals surface area contributed by atoms with Crippen LogP contribution < -0.4 is 5.73 Å². The molecule has 0 aliphatic rings. The topological polar surface area (TPSA) is 65.2 Å². The average molecular weight is 265 g/mol. The van der Waals surface area contributed by atoms with Crippen molar-refractivity contribution < 1.29 is 18.3 Å². The number of hydrogen-bond acceptors (Lipinski definition) is 4. The molecule has 0 saturated carbocycles. The number of anilines is 1. The molecule has 4 nitrogen and oxygen atoms in total. The first kappa shape index (κ1) is 13.6. The van der Waals surface area contributed by atoms with Gasteiger partial charge in [0.1, 0.15) is 5.69 Å². The van der Waals surface area contributed by atoms with Crippen LogP contribution in [-0.4, -0.2) is 18.1 Å². The zero-order valence-electron chi connectivity index (χ0n) is 9.04. The summed E-state index contributed by atoms with van der Waals surface area (Å²) < 4.78 is 29.9. The summed E-state index contributed by atoms with van der Waals surface area (Å²) >= 11 is 5.52. The van der Waals surface area contributed by atoms with E-state index in [9.17, 15) is 13.6 Å². The molecule has 2 N–H and O–H groups in total. The summed E-state index contributed by atoms with van der Waals surface area (Å²) in [5.41, 5.74) is 5.50. The normalized spacial score (nSPS) is 10.6. The summed E-state index contributed by atoms with van der Waals surface area (Å²) in [5.74, 6) is -0.698. The minimum absolute atomic E-state index is 0.0539. The molecule has 0 unspecified atom stereocenters. The molecule has 1 heterocycles. The van der Waals surface area contributed by atoms with E-state index < -0.39 is 18.1 Å². The molecule has 7 heteroatoms. The number of hydrogen-bond donors (Lipinski definition) is 1. The Bertz CT molecular complexity index is 427. The molecule has 0 aliphatic heterocycles. The molecule has 0 atom stereocenters. The number of nitrogen functional groups attached to an aromatic ring is 1. The summed E-state index contributed by atoms with van der Waals surface area (Å²) in [6.07, 6.45) is -3.09. The maximum absolute atomic E-state index is 12.7. The standard InChI is InChI=1S/C10H11ClF2N2O2/c1-17-8(16)3-5-2-6(14)7(4-11)15-9(5)10(12)13/h2,10H,3-4,14H2,1H3. The lowest BCUT2D eigenvalue weighted by atomic mass is 10.1. The van der Waals surface area contributed by atoms with E-state index in [0.717, 1.165) is 0 Å². The van der Waals surface area contributed by atoms with Gasteiger partial charge in [0.05, 0.1) is 30.8 Å². The number of pyridine rings is 1. The van der Waals surface area contributed by atoms with Gasteiger partial charge >= 0.3 is 5.97 Å². The van der Waals surface area contributed by atoms with Crippen molar-refractivity contribution >= 4 is 23.3 Å². The van der Waals surface area contributed by atoms with E-state index in [1.165, 1.54) is 13.2 Å². The Kier molecular flexibility index (Phi) is 4.62. The van der Waals surface area contributed by atoms with Gasteiger partial charge in [0.2, 0.25) is 0 Å². The van der Waals surface area contributed by atoms with Gasteiger partial charge in [-0.2, -0.15) is 0 Å². The maximum Gasteiger partial charge on any atom is 0.310 e. The molecule has 0 radical (unpaired) electrons. The molecule has 0 aliphatic carbocycles. The lowest BCUT2D eigenvalue weighted by Gasteiger charge is -2.11. The molecule has 0 aromatic carbocycles. The molecule has 0 fully saturated rings. The Morgan fingerprint density at radius 3 is 2.76 bits per heavy atom.